The fourth-order valence-corrected chi connectivity index (χ4v) is 2.52. The quantitative estimate of drug-likeness (QED) is 0.648. The first kappa shape index (κ1) is 17.0. The van der Waals surface area contributed by atoms with Crippen molar-refractivity contribution in [2.45, 2.75) is 6.92 Å². The van der Waals surface area contributed by atoms with E-state index >= 15 is 0 Å². The molecule has 2 heterocycles. The average molecular weight is 399 g/mol. The largest absolute Gasteiger partial charge is 0.462 e. The van der Waals surface area contributed by atoms with Crippen LogP contribution in [-0.4, -0.2) is 27.5 Å². The summed E-state index contributed by atoms with van der Waals surface area (Å²) < 4.78 is 5.83. The van der Waals surface area contributed by atoms with E-state index in [4.69, 9.17) is 4.74 Å². The molecule has 2 aromatic heterocycles. The molecule has 0 atom stereocenters. The number of halogens is 1. The lowest BCUT2D eigenvalue weighted by Gasteiger charge is -2.08. The Bertz CT molecular complexity index is 884. The smallest absolute Gasteiger partial charge is 0.338 e. The van der Waals surface area contributed by atoms with Crippen LogP contribution in [0.3, 0.4) is 0 Å². The summed E-state index contributed by atoms with van der Waals surface area (Å²) in [6.07, 6.45) is 5.09. The van der Waals surface area contributed by atoms with Gasteiger partial charge in [0.1, 0.15) is 5.82 Å². The number of aromatic nitrogens is 3. The van der Waals surface area contributed by atoms with Crippen molar-refractivity contribution >= 4 is 33.4 Å². The third-order valence-electron chi connectivity index (χ3n) is 3.29. The van der Waals surface area contributed by atoms with Crippen LogP contribution < -0.4 is 5.32 Å². The van der Waals surface area contributed by atoms with Gasteiger partial charge in [0.2, 0.25) is 0 Å². The van der Waals surface area contributed by atoms with Crippen LogP contribution in [0, 0.1) is 0 Å². The van der Waals surface area contributed by atoms with E-state index in [0.717, 1.165) is 15.7 Å². The van der Waals surface area contributed by atoms with Gasteiger partial charge in [-0.3, -0.25) is 4.98 Å². The van der Waals surface area contributed by atoms with Crippen molar-refractivity contribution in [3.05, 3.63) is 65.0 Å². The highest BCUT2D eigenvalue weighted by Crippen LogP contribution is 2.21. The van der Waals surface area contributed by atoms with Crippen LogP contribution in [0.25, 0.3) is 11.4 Å². The van der Waals surface area contributed by atoms with Crippen molar-refractivity contribution in [3.8, 4) is 11.4 Å². The Kier molecular flexibility index (Phi) is 5.35. The van der Waals surface area contributed by atoms with Crippen molar-refractivity contribution in [2.75, 3.05) is 11.9 Å². The van der Waals surface area contributed by atoms with Crippen molar-refractivity contribution in [2.24, 2.45) is 0 Å². The predicted octanol–water partition coefficient (Wildman–Crippen LogP) is 4.22. The molecule has 7 heteroatoms. The van der Waals surface area contributed by atoms with Gasteiger partial charge in [-0.25, -0.2) is 14.8 Å². The molecule has 0 amide bonds. The number of pyridine rings is 1. The van der Waals surface area contributed by atoms with Gasteiger partial charge in [-0.1, -0.05) is 0 Å². The fourth-order valence-electron chi connectivity index (χ4n) is 2.15. The summed E-state index contributed by atoms with van der Waals surface area (Å²) in [6.45, 7) is 2.13. The van der Waals surface area contributed by atoms with Gasteiger partial charge in [0, 0.05) is 34.3 Å². The highest BCUT2D eigenvalue weighted by atomic mass is 79.9. The minimum absolute atomic E-state index is 0.333. The van der Waals surface area contributed by atoms with Gasteiger partial charge >= 0.3 is 5.97 Å². The number of ether oxygens (including phenoxy) is 1. The normalized spacial score (nSPS) is 10.3. The average Bonchev–Trinajstić information content (AvgIpc) is 2.63. The number of carbonyl (C=O) groups is 1. The Labute approximate surface area is 153 Å². The highest BCUT2D eigenvalue weighted by molar-refractivity contribution is 9.10. The van der Waals surface area contributed by atoms with Crippen molar-refractivity contribution in [1.82, 2.24) is 15.0 Å². The Morgan fingerprint density at radius 2 is 2.00 bits per heavy atom. The molecule has 126 valence electrons. The van der Waals surface area contributed by atoms with Crippen LogP contribution in [0.1, 0.15) is 17.3 Å². The summed E-state index contributed by atoms with van der Waals surface area (Å²) in [7, 11) is 0. The third-order valence-corrected chi connectivity index (χ3v) is 3.72. The maximum atomic E-state index is 11.7. The van der Waals surface area contributed by atoms with Crippen LogP contribution in [-0.2, 0) is 4.74 Å². The molecule has 0 unspecified atom stereocenters. The number of carbonyl (C=O) groups excluding carboxylic acids is 1. The second-order valence-electron chi connectivity index (χ2n) is 5.08. The van der Waals surface area contributed by atoms with Crippen LogP contribution in [0.5, 0.6) is 0 Å². The minimum Gasteiger partial charge on any atom is -0.462 e. The summed E-state index contributed by atoms with van der Waals surface area (Å²) in [5.41, 5.74) is 2.14. The molecular weight excluding hydrogens is 384 g/mol. The van der Waals surface area contributed by atoms with Crippen LogP contribution >= 0.6 is 15.9 Å². The van der Waals surface area contributed by atoms with Crippen LogP contribution in [0.4, 0.5) is 11.5 Å². The maximum Gasteiger partial charge on any atom is 0.338 e. The molecule has 0 aliphatic carbocycles. The van der Waals surface area contributed by atoms with E-state index in [9.17, 15) is 4.79 Å². The Morgan fingerprint density at radius 1 is 1.20 bits per heavy atom. The zero-order valence-electron chi connectivity index (χ0n) is 13.4. The first-order valence-corrected chi connectivity index (χ1v) is 8.43. The maximum absolute atomic E-state index is 11.7. The lowest BCUT2D eigenvalue weighted by molar-refractivity contribution is 0.0526. The van der Waals surface area contributed by atoms with Gasteiger partial charge in [0.05, 0.1) is 12.2 Å². The third kappa shape index (κ3) is 4.39. The Hall–Kier alpha value is -2.80. The molecule has 6 nitrogen and oxygen atoms in total. The zero-order valence-corrected chi connectivity index (χ0v) is 15.0. The van der Waals surface area contributed by atoms with E-state index in [1.807, 2.05) is 6.07 Å². The molecule has 25 heavy (non-hydrogen) atoms. The molecule has 1 aromatic carbocycles. The number of nitrogens with one attached hydrogen (secondary N) is 1. The van der Waals surface area contributed by atoms with E-state index < -0.39 is 0 Å². The minimum atomic E-state index is -0.333. The van der Waals surface area contributed by atoms with E-state index in [1.54, 1.807) is 55.8 Å². The van der Waals surface area contributed by atoms with E-state index in [1.165, 1.54) is 0 Å². The Morgan fingerprint density at radius 3 is 2.72 bits per heavy atom. The summed E-state index contributed by atoms with van der Waals surface area (Å²) in [4.78, 5) is 24.6. The zero-order chi connectivity index (χ0) is 17.6. The molecule has 0 aliphatic rings. The molecule has 0 fully saturated rings. The number of hydrogen-bond donors (Lipinski definition) is 1. The number of esters is 1. The van der Waals surface area contributed by atoms with Gasteiger partial charge in [0.15, 0.2) is 5.82 Å². The van der Waals surface area contributed by atoms with E-state index in [0.29, 0.717) is 23.8 Å². The molecule has 3 rings (SSSR count). The van der Waals surface area contributed by atoms with E-state index in [2.05, 4.69) is 36.2 Å². The number of benzene rings is 1. The summed E-state index contributed by atoms with van der Waals surface area (Å²) >= 11 is 3.39. The number of nitrogens with zero attached hydrogens (tertiary/aromatic N) is 3. The van der Waals surface area contributed by atoms with Crippen molar-refractivity contribution in [1.29, 1.82) is 0 Å². The summed E-state index contributed by atoms with van der Waals surface area (Å²) in [6, 6.07) is 10.7. The first-order valence-electron chi connectivity index (χ1n) is 7.64. The lowest BCUT2D eigenvalue weighted by Crippen LogP contribution is -2.04. The summed E-state index contributed by atoms with van der Waals surface area (Å²) in [5.74, 6) is 0.885. The fraction of sp³-hybridized carbons (Fsp3) is 0.111. The monoisotopic (exact) mass is 398 g/mol. The molecule has 3 aromatic rings. The molecular formula is C18H15BrN4O2. The SMILES string of the molecule is CCOC(=O)c1ccc(Nc2ccnc(-c3cncc(Br)c3)n2)cc1. The molecule has 0 radical (unpaired) electrons. The van der Waals surface area contributed by atoms with E-state index in [-0.39, 0.29) is 5.97 Å². The molecule has 0 spiro atoms. The second kappa shape index (κ2) is 7.85. The van der Waals surface area contributed by atoms with Crippen LogP contribution in [0.2, 0.25) is 0 Å². The van der Waals surface area contributed by atoms with Crippen molar-refractivity contribution < 1.29 is 9.53 Å². The highest BCUT2D eigenvalue weighted by Gasteiger charge is 2.07. The molecule has 1 N–H and O–H groups in total. The molecule has 0 saturated heterocycles. The first-order chi connectivity index (χ1) is 12.2. The molecule has 0 saturated carbocycles. The second-order valence-corrected chi connectivity index (χ2v) is 6.00. The van der Waals surface area contributed by atoms with Crippen molar-refractivity contribution in [3.63, 3.8) is 0 Å². The van der Waals surface area contributed by atoms with Gasteiger partial charge < -0.3 is 10.1 Å². The topological polar surface area (TPSA) is 77.0 Å². The van der Waals surface area contributed by atoms with Gasteiger partial charge in [-0.2, -0.15) is 0 Å². The lowest BCUT2D eigenvalue weighted by atomic mass is 10.2. The van der Waals surface area contributed by atoms with Gasteiger partial charge in [-0.15, -0.1) is 0 Å². The molecule has 0 bridgehead atoms. The molecule has 0 aliphatic heterocycles. The van der Waals surface area contributed by atoms with Crippen LogP contribution in [0.15, 0.2) is 59.5 Å². The van der Waals surface area contributed by atoms with Gasteiger partial charge in [0.25, 0.3) is 0 Å². The van der Waals surface area contributed by atoms with Gasteiger partial charge in [-0.05, 0) is 59.3 Å². The Balaban J connectivity index is 1.77. The number of hydrogen-bond acceptors (Lipinski definition) is 6. The standard InChI is InChI=1S/C18H15BrN4O2/c1-2-25-18(24)12-3-5-15(6-4-12)22-16-7-8-21-17(23-16)13-9-14(19)11-20-10-13/h3-11H,2H2,1H3,(H,21,22,23). The summed E-state index contributed by atoms with van der Waals surface area (Å²) in [5, 5.41) is 3.19. The number of anilines is 2. The predicted molar refractivity (Wildman–Crippen MR) is 98.6 cm³/mol. The number of rotatable bonds is 5.